The highest BCUT2D eigenvalue weighted by Crippen LogP contribution is 2.30. The van der Waals surface area contributed by atoms with Crippen LogP contribution in [0.4, 0.5) is 17.6 Å². The lowest BCUT2D eigenvalue weighted by Crippen LogP contribution is -2.36. The third-order valence-corrected chi connectivity index (χ3v) is 3.97. The van der Waals surface area contributed by atoms with Crippen molar-refractivity contribution >= 4 is 0 Å². The Labute approximate surface area is 135 Å². The van der Waals surface area contributed by atoms with E-state index in [2.05, 4.69) is 14.8 Å². The molecule has 1 aliphatic heterocycles. The second-order valence-corrected chi connectivity index (χ2v) is 5.67. The van der Waals surface area contributed by atoms with Crippen LogP contribution in [0.15, 0.2) is 30.9 Å². The first-order valence-corrected chi connectivity index (χ1v) is 7.52. The van der Waals surface area contributed by atoms with E-state index in [9.17, 15) is 17.6 Å². The highest BCUT2D eigenvalue weighted by molar-refractivity contribution is 5.34. The van der Waals surface area contributed by atoms with Crippen LogP contribution in [0.2, 0.25) is 0 Å². The van der Waals surface area contributed by atoms with Gasteiger partial charge in [0.25, 0.3) is 0 Å². The largest absolute Gasteiger partial charge is 0.573 e. The molecular formula is C15H16F4N4O. The minimum absolute atomic E-state index is 0.0449. The molecular weight excluding hydrogens is 328 g/mol. The Morgan fingerprint density at radius 2 is 2.12 bits per heavy atom. The van der Waals surface area contributed by atoms with Gasteiger partial charge in [0.1, 0.15) is 24.2 Å². The molecule has 0 spiro atoms. The number of nitrogens with zero attached hydrogens (tertiary/aromatic N) is 4. The third kappa shape index (κ3) is 4.02. The summed E-state index contributed by atoms with van der Waals surface area (Å²) in [5.74, 6) is -1.20. The quantitative estimate of drug-likeness (QED) is 0.799. The van der Waals surface area contributed by atoms with E-state index >= 15 is 0 Å². The molecule has 3 rings (SSSR count). The van der Waals surface area contributed by atoms with E-state index in [1.54, 1.807) is 11.0 Å². The summed E-state index contributed by atoms with van der Waals surface area (Å²) in [5.41, 5.74) is -0.0888. The van der Waals surface area contributed by atoms with Gasteiger partial charge in [-0.25, -0.2) is 14.1 Å². The Bertz CT molecular complexity index is 675. The first-order chi connectivity index (χ1) is 11.4. The summed E-state index contributed by atoms with van der Waals surface area (Å²) in [4.78, 5) is 5.80. The van der Waals surface area contributed by atoms with Crippen molar-refractivity contribution in [2.24, 2.45) is 0 Å². The van der Waals surface area contributed by atoms with Gasteiger partial charge in [-0.15, -0.1) is 13.2 Å². The van der Waals surface area contributed by atoms with Gasteiger partial charge < -0.3 is 4.74 Å². The van der Waals surface area contributed by atoms with Crippen LogP contribution in [0.1, 0.15) is 24.4 Å². The van der Waals surface area contributed by atoms with Gasteiger partial charge in [0.05, 0.1) is 6.04 Å². The molecule has 0 N–H and O–H groups in total. The monoisotopic (exact) mass is 344 g/mol. The molecule has 130 valence electrons. The van der Waals surface area contributed by atoms with Crippen molar-refractivity contribution in [3.63, 3.8) is 0 Å². The standard InChI is InChI=1S/C15H16F4N4O/c16-13-4-1-5-14(24-15(17,18)19)12(13)8-22-6-2-3-11(7-22)23-10-20-9-21-23/h1,4-5,9-11H,2-3,6-8H2. The zero-order valence-corrected chi connectivity index (χ0v) is 12.7. The lowest BCUT2D eigenvalue weighted by molar-refractivity contribution is -0.275. The molecule has 0 bridgehead atoms. The molecule has 5 nitrogen and oxygen atoms in total. The summed E-state index contributed by atoms with van der Waals surface area (Å²) < 4.78 is 57.2. The van der Waals surface area contributed by atoms with Gasteiger partial charge in [0.2, 0.25) is 0 Å². The number of alkyl halides is 3. The summed E-state index contributed by atoms with van der Waals surface area (Å²) in [5, 5.41) is 4.10. The molecule has 0 aliphatic carbocycles. The Hall–Kier alpha value is -2.16. The highest BCUT2D eigenvalue weighted by atomic mass is 19.4. The van der Waals surface area contributed by atoms with Gasteiger partial charge in [0, 0.05) is 18.7 Å². The van der Waals surface area contributed by atoms with Crippen molar-refractivity contribution in [3.8, 4) is 5.75 Å². The fourth-order valence-corrected chi connectivity index (χ4v) is 2.93. The molecule has 1 atom stereocenters. The molecule has 1 aliphatic rings. The molecule has 2 aromatic rings. The molecule has 24 heavy (non-hydrogen) atoms. The Morgan fingerprint density at radius 3 is 2.83 bits per heavy atom. The van der Waals surface area contributed by atoms with Gasteiger partial charge in [-0.1, -0.05) is 6.07 Å². The van der Waals surface area contributed by atoms with Crippen molar-refractivity contribution in [3.05, 3.63) is 42.2 Å². The molecule has 2 heterocycles. The second-order valence-electron chi connectivity index (χ2n) is 5.67. The molecule has 0 saturated carbocycles. The van der Waals surface area contributed by atoms with E-state index in [-0.39, 0.29) is 18.2 Å². The van der Waals surface area contributed by atoms with E-state index in [1.165, 1.54) is 12.4 Å². The summed E-state index contributed by atoms with van der Waals surface area (Å²) in [6.45, 7) is 1.28. The summed E-state index contributed by atoms with van der Waals surface area (Å²) in [6.07, 6.45) is -0.0776. The number of likely N-dealkylation sites (tertiary alicyclic amines) is 1. The smallest absolute Gasteiger partial charge is 0.405 e. The minimum atomic E-state index is -4.85. The van der Waals surface area contributed by atoms with Crippen molar-refractivity contribution in [1.82, 2.24) is 19.7 Å². The number of hydrogen-bond acceptors (Lipinski definition) is 4. The average molecular weight is 344 g/mol. The average Bonchev–Trinajstić information content (AvgIpc) is 3.04. The van der Waals surface area contributed by atoms with Crippen LogP contribution in [0.5, 0.6) is 5.75 Å². The minimum Gasteiger partial charge on any atom is -0.405 e. The Morgan fingerprint density at radius 1 is 1.29 bits per heavy atom. The molecule has 1 fully saturated rings. The number of halogens is 4. The summed E-state index contributed by atoms with van der Waals surface area (Å²) >= 11 is 0. The fourth-order valence-electron chi connectivity index (χ4n) is 2.93. The number of hydrogen-bond donors (Lipinski definition) is 0. The van der Waals surface area contributed by atoms with E-state index in [4.69, 9.17) is 0 Å². The fraction of sp³-hybridized carbons (Fsp3) is 0.467. The van der Waals surface area contributed by atoms with Crippen molar-refractivity contribution in [1.29, 1.82) is 0 Å². The predicted molar refractivity (Wildman–Crippen MR) is 76.7 cm³/mol. The number of rotatable bonds is 4. The molecule has 0 amide bonds. The van der Waals surface area contributed by atoms with E-state index in [0.717, 1.165) is 25.0 Å². The number of piperidine rings is 1. The molecule has 1 unspecified atom stereocenters. The Balaban J connectivity index is 1.75. The normalized spacial score (nSPS) is 19.4. The second kappa shape index (κ2) is 6.76. The number of aromatic nitrogens is 3. The van der Waals surface area contributed by atoms with Crippen molar-refractivity contribution < 1.29 is 22.3 Å². The molecule has 1 aromatic carbocycles. The van der Waals surface area contributed by atoms with Crippen LogP contribution in [0.25, 0.3) is 0 Å². The maximum absolute atomic E-state index is 14.0. The van der Waals surface area contributed by atoms with Crippen LogP contribution in [-0.4, -0.2) is 39.1 Å². The molecule has 9 heteroatoms. The van der Waals surface area contributed by atoms with E-state index in [1.807, 2.05) is 4.90 Å². The van der Waals surface area contributed by atoms with Gasteiger partial charge in [-0.2, -0.15) is 5.10 Å². The molecule has 1 saturated heterocycles. The maximum atomic E-state index is 14.0. The number of ether oxygens (including phenoxy) is 1. The van der Waals surface area contributed by atoms with E-state index < -0.39 is 17.9 Å². The van der Waals surface area contributed by atoms with Crippen molar-refractivity contribution in [2.45, 2.75) is 31.8 Å². The Kier molecular flexibility index (Phi) is 4.70. The SMILES string of the molecule is Fc1cccc(OC(F)(F)F)c1CN1CCCC(n2cncn2)C1. The first kappa shape index (κ1) is 16.7. The lowest BCUT2D eigenvalue weighted by atomic mass is 10.0. The van der Waals surface area contributed by atoms with Crippen LogP contribution >= 0.6 is 0 Å². The molecule has 0 radical (unpaired) electrons. The summed E-state index contributed by atoms with van der Waals surface area (Å²) in [6, 6.07) is 3.54. The van der Waals surface area contributed by atoms with Crippen molar-refractivity contribution in [2.75, 3.05) is 13.1 Å². The van der Waals surface area contributed by atoms with Gasteiger partial charge in [0.15, 0.2) is 0 Å². The van der Waals surface area contributed by atoms with Crippen LogP contribution in [0.3, 0.4) is 0 Å². The van der Waals surface area contributed by atoms with Crippen LogP contribution in [-0.2, 0) is 6.54 Å². The lowest BCUT2D eigenvalue weighted by Gasteiger charge is -2.33. The van der Waals surface area contributed by atoms with E-state index in [0.29, 0.717) is 13.1 Å². The predicted octanol–water partition coefficient (Wildman–Crippen LogP) is 3.15. The molecule has 1 aromatic heterocycles. The number of benzene rings is 1. The third-order valence-electron chi connectivity index (χ3n) is 3.97. The van der Waals surface area contributed by atoms with Gasteiger partial charge in [-0.3, -0.25) is 4.90 Å². The summed E-state index contributed by atoms with van der Waals surface area (Å²) in [7, 11) is 0. The topological polar surface area (TPSA) is 43.2 Å². The highest BCUT2D eigenvalue weighted by Gasteiger charge is 2.33. The zero-order chi connectivity index (χ0) is 17.2. The van der Waals surface area contributed by atoms with Gasteiger partial charge in [-0.05, 0) is 31.5 Å². The zero-order valence-electron chi connectivity index (χ0n) is 12.7. The first-order valence-electron chi connectivity index (χ1n) is 7.52. The van der Waals surface area contributed by atoms with Crippen LogP contribution < -0.4 is 4.74 Å². The van der Waals surface area contributed by atoms with Gasteiger partial charge >= 0.3 is 6.36 Å². The van der Waals surface area contributed by atoms with Crippen LogP contribution in [0, 0.1) is 5.82 Å². The maximum Gasteiger partial charge on any atom is 0.573 e.